The number of fused-ring (bicyclic) bond motifs is 1. The van der Waals surface area contributed by atoms with Crippen LogP contribution >= 0.6 is 11.3 Å². The van der Waals surface area contributed by atoms with Gasteiger partial charge in [0.05, 0.1) is 11.3 Å². The molecular formula is C27H43N3O3S. The summed E-state index contributed by atoms with van der Waals surface area (Å²) in [5, 5.41) is 6.63. The van der Waals surface area contributed by atoms with Gasteiger partial charge in [0.25, 0.3) is 0 Å². The minimum Gasteiger partial charge on any atom is -0.491 e. The van der Waals surface area contributed by atoms with Crippen LogP contribution in [-0.2, 0) is 9.59 Å². The van der Waals surface area contributed by atoms with Crippen LogP contribution in [-0.4, -0.2) is 29.9 Å². The van der Waals surface area contributed by atoms with Crippen LogP contribution in [0.4, 0.5) is 5.13 Å². The minimum absolute atomic E-state index is 0.0539. The number of carbonyl (C=O) groups is 2. The zero-order chi connectivity index (χ0) is 25.1. The Labute approximate surface area is 209 Å². The highest BCUT2D eigenvalue weighted by Gasteiger charge is 2.23. The predicted octanol–water partition coefficient (Wildman–Crippen LogP) is 6.80. The number of para-hydroxylation sites is 1. The molecule has 0 saturated heterocycles. The zero-order valence-corrected chi connectivity index (χ0v) is 22.6. The van der Waals surface area contributed by atoms with Crippen molar-refractivity contribution in [2.45, 2.75) is 86.5 Å². The van der Waals surface area contributed by atoms with Gasteiger partial charge in [-0.1, -0.05) is 78.2 Å². The van der Waals surface area contributed by atoms with Gasteiger partial charge in [0.15, 0.2) is 5.13 Å². The fourth-order valence-electron chi connectivity index (χ4n) is 3.69. The Hall–Kier alpha value is -2.15. The first-order chi connectivity index (χ1) is 16.1. The van der Waals surface area contributed by atoms with Gasteiger partial charge in [0.1, 0.15) is 11.3 Å². The second-order valence-electron chi connectivity index (χ2n) is 10.4. The number of rotatable bonds is 14. The van der Waals surface area contributed by atoms with Crippen molar-refractivity contribution in [3.63, 3.8) is 0 Å². The van der Waals surface area contributed by atoms with Crippen molar-refractivity contribution in [2.75, 3.05) is 18.5 Å². The van der Waals surface area contributed by atoms with Crippen LogP contribution in [0.1, 0.15) is 86.5 Å². The number of nitrogens with zero attached hydrogens (tertiary/aromatic N) is 1. The van der Waals surface area contributed by atoms with Crippen LogP contribution < -0.4 is 15.4 Å². The van der Waals surface area contributed by atoms with Gasteiger partial charge >= 0.3 is 0 Å². The molecule has 2 amide bonds. The summed E-state index contributed by atoms with van der Waals surface area (Å²) in [5.74, 6) is 1.38. The first-order valence-electron chi connectivity index (χ1n) is 12.7. The van der Waals surface area contributed by atoms with E-state index in [-0.39, 0.29) is 17.7 Å². The van der Waals surface area contributed by atoms with E-state index in [0.29, 0.717) is 24.2 Å². The van der Waals surface area contributed by atoms with Crippen LogP contribution in [0.5, 0.6) is 5.75 Å². The lowest BCUT2D eigenvalue weighted by Gasteiger charge is -2.20. The molecule has 2 rings (SSSR count). The fraction of sp³-hybridized carbons (Fsp3) is 0.667. The maximum Gasteiger partial charge on any atom is 0.231 e. The summed E-state index contributed by atoms with van der Waals surface area (Å²) in [4.78, 5) is 29.4. The summed E-state index contributed by atoms with van der Waals surface area (Å²) >= 11 is 1.46. The molecule has 190 valence electrons. The van der Waals surface area contributed by atoms with Gasteiger partial charge in [-0.15, -0.1) is 0 Å². The standard InChI is InChI=1S/C27H43N3O3S/c1-7-8-10-14-20(19(2)3)24(31)28-17-11-9-12-18-33-21-15-13-16-22-23(21)29-26(34-22)30-25(32)27(4,5)6/h13,15-16,19-20H,7-12,14,17-18H2,1-6H3,(H,28,31)(H,29,30,32). The molecule has 34 heavy (non-hydrogen) atoms. The second kappa shape index (κ2) is 13.7. The molecule has 0 fully saturated rings. The largest absolute Gasteiger partial charge is 0.491 e. The van der Waals surface area contributed by atoms with Crippen molar-refractivity contribution < 1.29 is 14.3 Å². The monoisotopic (exact) mass is 489 g/mol. The van der Waals surface area contributed by atoms with Crippen LogP contribution in [0.15, 0.2) is 18.2 Å². The second-order valence-corrected chi connectivity index (χ2v) is 11.4. The molecule has 1 aromatic carbocycles. The average Bonchev–Trinajstić information content (AvgIpc) is 3.18. The minimum atomic E-state index is -0.471. The molecule has 1 aromatic heterocycles. The Bertz CT molecular complexity index is 917. The van der Waals surface area contributed by atoms with E-state index >= 15 is 0 Å². The van der Waals surface area contributed by atoms with E-state index in [9.17, 15) is 9.59 Å². The van der Waals surface area contributed by atoms with Crippen LogP contribution in [0, 0.1) is 17.3 Å². The number of amides is 2. The SMILES string of the molecule is CCCCCC(C(=O)NCCCCCOc1cccc2sc(NC(=O)C(C)(C)C)nc12)C(C)C. The number of benzene rings is 1. The van der Waals surface area contributed by atoms with Gasteiger partial charge in [-0.3, -0.25) is 9.59 Å². The lowest BCUT2D eigenvalue weighted by atomic mass is 9.89. The van der Waals surface area contributed by atoms with E-state index in [1.807, 2.05) is 39.0 Å². The normalized spacial score (nSPS) is 12.7. The van der Waals surface area contributed by atoms with E-state index in [1.165, 1.54) is 24.2 Å². The molecule has 0 aliphatic carbocycles. The summed E-state index contributed by atoms with van der Waals surface area (Å²) in [6, 6.07) is 5.86. The van der Waals surface area contributed by atoms with Gasteiger partial charge in [-0.25, -0.2) is 4.98 Å². The Morgan fingerprint density at radius 1 is 1.09 bits per heavy atom. The maximum absolute atomic E-state index is 12.5. The fourth-order valence-corrected chi connectivity index (χ4v) is 4.57. The molecule has 0 radical (unpaired) electrons. The number of unbranched alkanes of at least 4 members (excludes halogenated alkanes) is 4. The molecule has 0 aliphatic rings. The van der Waals surface area contributed by atoms with Gasteiger partial charge in [-0.05, 0) is 43.7 Å². The lowest BCUT2D eigenvalue weighted by Crippen LogP contribution is -2.34. The molecule has 0 spiro atoms. The predicted molar refractivity (Wildman–Crippen MR) is 143 cm³/mol. The van der Waals surface area contributed by atoms with Crippen molar-refractivity contribution in [3.8, 4) is 5.75 Å². The van der Waals surface area contributed by atoms with E-state index < -0.39 is 5.41 Å². The van der Waals surface area contributed by atoms with Crippen LogP contribution in [0.25, 0.3) is 10.2 Å². The lowest BCUT2D eigenvalue weighted by molar-refractivity contribution is -0.126. The molecule has 7 heteroatoms. The van der Waals surface area contributed by atoms with Crippen molar-refractivity contribution in [1.29, 1.82) is 0 Å². The molecule has 0 aliphatic heterocycles. The summed E-state index contributed by atoms with van der Waals surface area (Å²) in [6.45, 7) is 13.4. The molecular weight excluding hydrogens is 446 g/mol. The van der Waals surface area contributed by atoms with Gasteiger partial charge in [-0.2, -0.15) is 0 Å². The third-order valence-electron chi connectivity index (χ3n) is 5.92. The Kier molecular flexibility index (Phi) is 11.3. The third kappa shape index (κ3) is 8.90. The third-order valence-corrected chi connectivity index (χ3v) is 6.86. The number of thiazole rings is 1. The van der Waals surface area contributed by atoms with Gasteiger partial charge in [0, 0.05) is 17.9 Å². The van der Waals surface area contributed by atoms with Crippen LogP contribution in [0.2, 0.25) is 0 Å². The van der Waals surface area contributed by atoms with E-state index in [1.54, 1.807) is 0 Å². The Morgan fingerprint density at radius 2 is 1.85 bits per heavy atom. The summed E-state index contributed by atoms with van der Waals surface area (Å²) in [6.07, 6.45) is 7.32. The molecule has 1 unspecified atom stereocenters. The van der Waals surface area contributed by atoms with E-state index in [0.717, 1.165) is 48.1 Å². The Morgan fingerprint density at radius 3 is 2.53 bits per heavy atom. The van der Waals surface area contributed by atoms with Crippen LogP contribution in [0.3, 0.4) is 0 Å². The molecule has 1 atom stereocenters. The highest BCUT2D eigenvalue weighted by molar-refractivity contribution is 7.22. The number of nitrogens with one attached hydrogen (secondary N) is 2. The first kappa shape index (κ1) is 28.1. The summed E-state index contributed by atoms with van der Waals surface area (Å²) in [7, 11) is 0. The highest BCUT2D eigenvalue weighted by atomic mass is 32.1. The maximum atomic E-state index is 12.5. The summed E-state index contributed by atoms with van der Waals surface area (Å²) < 4.78 is 6.99. The zero-order valence-electron chi connectivity index (χ0n) is 21.8. The highest BCUT2D eigenvalue weighted by Crippen LogP contribution is 2.33. The number of hydrogen-bond donors (Lipinski definition) is 2. The Balaban J connectivity index is 1.74. The molecule has 2 aromatic rings. The topological polar surface area (TPSA) is 80.3 Å². The number of aromatic nitrogens is 1. The van der Waals surface area contributed by atoms with Crippen molar-refractivity contribution in [1.82, 2.24) is 10.3 Å². The molecule has 0 bridgehead atoms. The summed E-state index contributed by atoms with van der Waals surface area (Å²) in [5.41, 5.74) is 0.313. The quantitative estimate of drug-likeness (QED) is 0.286. The first-order valence-corrected chi connectivity index (χ1v) is 13.6. The van der Waals surface area contributed by atoms with Gasteiger partial charge < -0.3 is 15.4 Å². The molecule has 2 N–H and O–H groups in total. The average molecular weight is 490 g/mol. The molecule has 6 nitrogen and oxygen atoms in total. The molecule has 1 heterocycles. The number of ether oxygens (including phenoxy) is 1. The van der Waals surface area contributed by atoms with Crippen molar-refractivity contribution >= 4 is 38.5 Å². The number of anilines is 1. The molecule has 0 saturated carbocycles. The van der Waals surface area contributed by atoms with Crippen molar-refractivity contribution in [2.24, 2.45) is 17.3 Å². The number of carbonyl (C=O) groups excluding carboxylic acids is 2. The number of hydrogen-bond acceptors (Lipinski definition) is 5. The van der Waals surface area contributed by atoms with E-state index in [2.05, 4.69) is 36.4 Å². The van der Waals surface area contributed by atoms with Crippen molar-refractivity contribution in [3.05, 3.63) is 18.2 Å². The van der Waals surface area contributed by atoms with Gasteiger partial charge in [0.2, 0.25) is 11.8 Å². The smallest absolute Gasteiger partial charge is 0.231 e. The van der Waals surface area contributed by atoms with E-state index in [4.69, 9.17) is 4.74 Å².